The molecule has 0 bridgehead atoms. The van der Waals surface area contributed by atoms with Crippen LogP contribution in [0.25, 0.3) is 0 Å². The molecule has 2 N–H and O–H groups in total. The van der Waals surface area contributed by atoms with Crippen LogP contribution in [0.15, 0.2) is 43.9 Å². The molecule has 0 aliphatic rings. The highest BCUT2D eigenvalue weighted by atomic mass is 79.9. The van der Waals surface area contributed by atoms with Crippen LogP contribution in [0.5, 0.6) is 5.75 Å². The maximum Gasteiger partial charge on any atom is 0.139 e. The lowest BCUT2D eigenvalue weighted by molar-refractivity contribution is 0.402. The molecular weight excluding hydrogens is 350 g/mol. The molecule has 0 amide bonds. The highest BCUT2D eigenvalue weighted by Gasteiger charge is 2.19. The predicted octanol–water partition coefficient (Wildman–Crippen LogP) is 3.86. The number of ether oxygens (including phenoxy) is 1. The summed E-state index contributed by atoms with van der Waals surface area (Å²) in [6, 6.07) is 7.19. The van der Waals surface area contributed by atoms with E-state index < -0.39 is 0 Å². The Labute approximate surface area is 116 Å². The van der Waals surface area contributed by atoms with E-state index in [4.69, 9.17) is 14.9 Å². The van der Waals surface area contributed by atoms with Crippen molar-refractivity contribution in [2.24, 2.45) is 5.73 Å². The highest BCUT2D eigenvalue weighted by Crippen LogP contribution is 2.34. The predicted molar refractivity (Wildman–Crippen MR) is 73.1 cm³/mol. The summed E-state index contributed by atoms with van der Waals surface area (Å²) in [7, 11) is 1.62. The molecule has 17 heavy (non-hydrogen) atoms. The van der Waals surface area contributed by atoms with Gasteiger partial charge in [-0.15, -0.1) is 0 Å². The summed E-state index contributed by atoms with van der Waals surface area (Å²) >= 11 is 6.80. The first-order valence-corrected chi connectivity index (χ1v) is 6.54. The third kappa shape index (κ3) is 2.56. The van der Waals surface area contributed by atoms with Gasteiger partial charge in [0.2, 0.25) is 0 Å². The highest BCUT2D eigenvalue weighted by molar-refractivity contribution is 9.10. The molecule has 1 aromatic carbocycles. The van der Waals surface area contributed by atoms with E-state index in [1.807, 2.05) is 24.3 Å². The zero-order valence-corrected chi connectivity index (χ0v) is 12.3. The Bertz CT molecular complexity index is 525. The van der Waals surface area contributed by atoms with Crippen molar-refractivity contribution in [3.8, 4) is 5.75 Å². The van der Waals surface area contributed by atoms with Gasteiger partial charge in [0, 0.05) is 10.0 Å². The topological polar surface area (TPSA) is 48.4 Å². The van der Waals surface area contributed by atoms with Gasteiger partial charge in [-0.05, 0) is 34.1 Å². The standard InChI is InChI=1S/C12H11Br2NO2/c1-16-10-6-7(13)2-3-8(10)11(15)12-9(14)4-5-17-12/h2-6,11H,15H2,1H3. The van der Waals surface area contributed by atoms with Gasteiger partial charge in [0.15, 0.2) is 0 Å². The van der Waals surface area contributed by atoms with Crippen LogP contribution < -0.4 is 10.5 Å². The Hall–Kier alpha value is -0.780. The summed E-state index contributed by atoms with van der Waals surface area (Å²) in [5.74, 6) is 1.42. The number of furan rings is 1. The summed E-state index contributed by atoms with van der Waals surface area (Å²) < 4.78 is 12.5. The molecule has 1 heterocycles. The number of methoxy groups -OCH3 is 1. The molecule has 5 heteroatoms. The van der Waals surface area contributed by atoms with Crippen LogP contribution in [-0.2, 0) is 0 Å². The number of halogens is 2. The molecule has 1 unspecified atom stereocenters. The monoisotopic (exact) mass is 359 g/mol. The summed E-state index contributed by atoms with van der Waals surface area (Å²) in [4.78, 5) is 0. The molecule has 1 aromatic heterocycles. The number of hydrogen-bond donors (Lipinski definition) is 1. The number of nitrogens with two attached hydrogens (primary N) is 1. The lowest BCUT2D eigenvalue weighted by atomic mass is 10.0. The molecular formula is C12H11Br2NO2. The van der Waals surface area contributed by atoms with E-state index in [2.05, 4.69) is 31.9 Å². The van der Waals surface area contributed by atoms with Gasteiger partial charge < -0.3 is 14.9 Å². The Morgan fingerprint density at radius 2 is 2.06 bits per heavy atom. The average molecular weight is 361 g/mol. The zero-order chi connectivity index (χ0) is 12.4. The first kappa shape index (κ1) is 12.7. The first-order chi connectivity index (χ1) is 8.13. The maximum atomic E-state index is 6.17. The number of benzene rings is 1. The van der Waals surface area contributed by atoms with Gasteiger partial charge in [-0.25, -0.2) is 0 Å². The van der Waals surface area contributed by atoms with E-state index in [1.54, 1.807) is 13.4 Å². The van der Waals surface area contributed by atoms with Gasteiger partial charge >= 0.3 is 0 Å². The lowest BCUT2D eigenvalue weighted by Crippen LogP contribution is -2.12. The van der Waals surface area contributed by atoms with Crippen LogP contribution >= 0.6 is 31.9 Å². The van der Waals surface area contributed by atoms with E-state index in [1.165, 1.54) is 0 Å². The van der Waals surface area contributed by atoms with Crippen LogP contribution in [0.1, 0.15) is 17.4 Å². The molecule has 2 aromatic rings. The fourth-order valence-corrected chi connectivity index (χ4v) is 2.40. The quantitative estimate of drug-likeness (QED) is 0.903. The SMILES string of the molecule is COc1cc(Br)ccc1C(N)c1occc1Br. The Morgan fingerprint density at radius 1 is 1.29 bits per heavy atom. The minimum absolute atomic E-state index is 0.359. The van der Waals surface area contributed by atoms with E-state index >= 15 is 0 Å². The lowest BCUT2D eigenvalue weighted by Gasteiger charge is -2.14. The summed E-state index contributed by atoms with van der Waals surface area (Å²) in [6.45, 7) is 0. The third-order valence-electron chi connectivity index (χ3n) is 2.46. The van der Waals surface area contributed by atoms with Crippen LogP contribution in [0, 0.1) is 0 Å². The second kappa shape index (κ2) is 5.25. The van der Waals surface area contributed by atoms with E-state index in [-0.39, 0.29) is 6.04 Å². The summed E-state index contributed by atoms with van der Waals surface area (Å²) in [5.41, 5.74) is 7.05. The van der Waals surface area contributed by atoms with Gasteiger partial charge in [0.1, 0.15) is 11.5 Å². The molecule has 0 radical (unpaired) electrons. The van der Waals surface area contributed by atoms with Crippen molar-refractivity contribution in [2.75, 3.05) is 7.11 Å². The van der Waals surface area contributed by atoms with Gasteiger partial charge in [-0.1, -0.05) is 22.0 Å². The average Bonchev–Trinajstić information content (AvgIpc) is 2.74. The van der Waals surface area contributed by atoms with Gasteiger partial charge in [0.05, 0.1) is 23.9 Å². The van der Waals surface area contributed by atoms with Crippen molar-refractivity contribution in [3.63, 3.8) is 0 Å². The molecule has 3 nitrogen and oxygen atoms in total. The van der Waals surface area contributed by atoms with Gasteiger partial charge in [0.25, 0.3) is 0 Å². The van der Waals surface area contributed by atoms with Crippen molar-refractivity contribution in [1.82, 2.24) is 0 Å². The van der Waals surface area contributed by atoms with Crippen LogP contribution in [0.4, 0.5) is 0 Å². The molecule has 0 aliphatic carbocycles. The summed E-state index contributed by atoms with van der Waals surface area (Å²) in [5, 5.41) is 0. The van der Waals surface area contributed by atoms with Crippen molar-refractivity contribution < 1.29 is 9.15 Å². The minimum atomic E-state index is -0.359. The largest absolute Gasteiger partial charge is 0.496 e. The van der Waals surface area contributed by atoms with Crippen molar-refractivity contribution >= 4 is 31.9 Å². The minimum Gasteiger partial charge on any atom is -0.496 e. The number of hydrogen-bond acceptors (Lipinski definition) is 3. The zero-order valence-electron chi connectivity index (χ0n) is 9.11. The fourth-order valence-electron chi connectivity index (χ4n) is 1.61. The molecule has 0 aliphatic heterocycles. The Kier molecular flexibility index (Phi) is 3.91. The molecule has 0 fully saturated rings. The van der Waals surface area contributed by atoms with E-state index in [0.29, 0.717) is 5.76 Å². The van der Waals surface area contributed by atoms with Crippen LogP contribution in [-0.4, -0.2) is 7.11 Å². The van der Waals surface area contributed by atoms with Gasteiger partial charge in [-0.3, -0.25) is 0 Å². The molecule has 2 rings (SSSR count). The maximum absolute atomic E-state index is 6.17. The summed E-state index contributed by atoms with van der Waals surface area (Å²) in [6.07, 6.45) is 1.60. The van der Waals surface area contributed by atoms with Crippen molar-refractivity contribution in [2.45, 2.75) is 6.04 Å². The second-order valence-electron chi connectivity index (χ2n) is 3.50. The Morgan fingerprint density at radius 3 is 2.65 bits per heavy atom. The molecule has 0 spiro atoms. The van der Waals surface area contributed by atoms with Gasteiger partial charge in [-0.2, -0.15) is 0 Å². The molecule has 0 saturated carbocycles. The molecule has 1 atom stereocenters. The van der Waals surface area contributed by atoms with Crippen LogP contribution in [0.3, 0.4) is 0 Å². The van der Waals surface area contributed by atoms with E-state index in [9.17, 15) is 0 Å². The van der Waals surface area contributed by atoms with Crippen molar-refractivity contribution in [1.29, 1.82) is 0 Å². The smallest absolute Gasteiger partial charge is 0.139 e. The Balaban J connectivity index is 2.44. The normalized spacial score (nSPS) is 12.5. The first-order valence-electron chi connectivity index (χ1n) is 4.95. The fraction of sp³-hybridized carbons (Fsp3) is 0.167. The van der Waals surface area contributed by atoms with Crippen molar-refractivity contribution in [3.05, 3.63) is 50.8 Å². The molecule has 0 saturated heterocycles. The second-order valence-corrected chi connectivity index (χ2v) is 5.27. The van der Waals surface area contributed by atoms with E-state index in [0.717, 1.165) is 20.3 Å². The third-order valence-corrected chi connectivity index (χ3v) is 3.61. The van der Waals surface area contributed by atoms with Crippen LogP contribution in [0.2, 0.25) is 0 Å². The number of rotatable bonds is 3. The molecule has 90 valence electrons.